The van der Waals surface area contributed by atoms with E-state index in [4.69, 9.17) is 51.1 Å². The maximum Gasteiger partial charge on any atom is 0.222 e. The number of amides is 2. The van der Waals surface area contributed by atoms with Crippen molar-refractivity contribution in [3.8, 4) is 0 Å². The number of hydrogen-bond donors (Lipinski definition) is 0. The van der Waals surface area contributed by atoms with E-state index in [0.29, 0.717) is 72.0 Å². The van der Waals surface area contributed by atoms with Gasteiger partial charge in [0.15, 0.2) is 0 Å². The first-order valence-electron chi connectivity index (χ1n) is 17.5. The zero-order valence-corrected chi connectivity index (χ0v) is 31.4. The number of benzene rings is 4. The lowest BCUT2D eigenvalue weighted by molar-refractivity contribution is -0.133. The first-order chi connectivity index (χ1) is 24.7. The fourth-order valence-corrected chi connectivity index (χ4v) is 7.36. The van der Waals surface area contributed by atoms with Crippen molar-refractivity contribution in [1.82, 2.24) is 9.80 Å². The highest BCUT2D eigenvalue weighted by atomic mass is 35.5. The second-order valence-electron chi connectivity index (χ2n) is 12.9. The fraction of sp³-hybridized carbons (Fsp3) is 0.350. The molecule has 2 fully saturated rings. The average molecular weight is 769 g/mol. The summed E-state index contributed by atoms with van der Waals surface area (Å²) in [6.45, 7) is 5.40. The molecule has 51 heavy (non-hydrogen) atoms. The lowest BCUT2D eigenvalue weighted by Gasteiger charge is -2.37. The van der Waals surface area contributed by atoms with E-state index in [1.165, 1.54) is 0 Å². The van der Waals surface area contributed by atoms with Gasteiger partial charge in [-0.25, -0.2) is 0 Å². The van der Waals surface area contributed by atoms with Crippen molar-refractivity contribution >= 4 is 69.6 Å². The Morgan fingerprint density at radius 3 is 1.24 bits per heavy atom. The summed E-state index contributed by atoms with van der Waals surface area (Å²) in [5, 5.41) is 2.11. The number of carbonyl (C=O) groups excluding carboxylic acids is 2. The molecule has 2 amide bonds. The molecule has 2 saturated heterocycles. The smallest absolute Gasteiger partial charge is 0.222 e. The first-order valence-corrected chi connectivity index (χ1v) is 19.0. The van der Waals surface area contributed by atoms with Crippen LogP contribution in [0.1, 0.15) is 49.0 Å². The summed E-state index contributed by atoms with van der Waals surface area (Å²) in [7, 11) is 0. The number of ether oxygens (including phenoxy) is 1. The summed E-state index contributed by atoms with van der Waals surface area (Å²) >= 11 is 24.7. The number of nitrogens with zero attached hydrogens (tertiary/aromatic N) is 4. The predicted molar refractivity (Wildman–Crippen MR) is 208 cm³/mol. The minimum atomic E-state index is -0.317. The molecule has 4 aromatic rings. The third-order valence-electron chi connectivity index (χ3n) is 9.71. The van der Waals surface area contributed by atoms with Crippen LogP contribution in [-0.2, 0) is 14.3 Å². The van der Waals surface area contributed by atoms with Gasteiger partial charge in [0.2, 0.25) is 11.8 Å². The van der Waals surface area contributed by atoms with Crippen molar-refractivity contribution in [3.63, 3.8) is 0 Å². The molecule has 2 unspecified atom stereocenters. The maximum absolute atomic E-state index is 13.5. The van der Waals surface area contributed by atoms with Gasteiger partial charge >= 0.3 is 0 Å². The van der Waals surface area contributed by atoms with Crippen LogP contribution >= 0.6 is 46.4 Å². The molecule has 268 valence electrons. The van der Waals surface area contributed by atoms with E-state index in [1.54, 1.807) is 12.1 Å². The van der Waals surface area contributed by atoms with Gasteiger partial charge in [-0.05, 0) is 60.4 Å². The van der Waals surface area contributed by atoms with Crippen LogP contribution in [0.25, 0.3) is 0 Å². The number of halogens is 4. The number of hydrogen-bond acceptors (Lipinski definition) is 5. The van der Waals surface area contributed by atoms with Crippen LogP contribution in [0.2, 0.25) is 20.1 Å². The van der Waals surface area contributed by atoms with Crippen molar-refractivity contribution in [3.05, 3.63) is 128 Å². The van der Waals surface area contributed by atoms with E-state index in [9.17, 15) is 9.59 Å². The Morgan fingerprint density at radius 1 is 0.510 bits per heavy atom. The van der Waals surface area contributed by atoms with Crippen LogP contribution in [0.15, 0.2) is 97.1 Å². The van der Waals surface area contributed by atoms with Crippen LogP contribution in [0.3, 0.4) is 0 Å². The van der Waals surface area contributed by atoms with Gasteiger partial charge in [0.25, 0.3) is 0 Å². The highest BCUT2D eigenvalue weighted by molar-refractivity contribution is 6.42. The molecule has 0 saturated carbocycles. The standard InChI is InChI=1S/C40H42Cl4N4O3/c41-33-13-11-31(27-35(33)43)45-19-23-47(24-20-45)39(49)17-15-37(29-7-3-1-4-8-29)51-38(30-9-5-2-6-10-30)16-18-40(50)48-25-21-46(22-26-48)32-12-14-34(42)36(44)28-32/h1-14,27-28,37-38H,15-26H2. The second-order valence-corrected chi connectivity index (χ2v) is 14.6. The average Bonchev–Trinajstić information content (AvgIpc) is 3.17. The SMILES string of the molecule is O=C(CCC(OC(CCC(=O)N1CCN(c2ccc(Cl)c(Cl)c2)CC1)c1ccccc1)c1ccccc1)N1CCN(c2ccc(Cl)c(Cl)c2)CC1. The van der Waals surface area contributed by atoms with Gasteiger partial charge in [-0.1, -0.05) is 107 Å². The van der Waals surface area contributed by atoms with Gasteiger partial charge in [-0.3, -0.25) is 9.59 Å². The zero-order valence-electron chi connectivity index (χ0n) is 28.4. The highest BCUT2D eigenvalue weighted by Gasteiger charge is 2.27. The summed E-state index contributed by atoms with van der Waals surface area (Å²) < 4.78 is 6.89. The summed E-state index contributed by atoms with van der Waals surface area (Å²) in [5.41, 5.74) is 4.04. The largest absolute Gasteiger partial charge is 0.368 e. The van der Waals surface area contributed by atoms with Crippen molar-refractivity contribution in [2.24, 2.45) is 0 Å². The number of piperazine rings is 2. The minimum Gasteiger partial charge on any atom is -0.368 e. The molecule has 0 aliphatic carbocycles. The third kappa shape index (κ3) is 9.91. The van der Waals surface area contributed by atoms with Gasteiger partial charge in [0.1, 0.15) is 0 Å². The molecule has 4 aromatic carbocycles. The maximum atomic E-state index is 13.5. The van der Waals surface area contributed by atoms with Gasteiger partial charge in [-0.15, -0.1) is 0 Å². The molecule has 0 spiro atoms. The summed E-state index contributed by atoms with van der Waals surface area (Å²) in [4.78, 5) is 35.3. The van der Waals surface area contributed by atoms with Crippen molar-refractivity contribution in [2.75, 3.05) is 62.2 Å². The zero-order chi connectivity index (χ0) is 35.7. The van der Waals surface area contributed by atoms with Crippen LogP contribution < -0.4 is 9.80 Å². The van der Waals surface area contributed by atoms with Crippen LogP contribution in [0, 0.1) is 0 Å². The lowest BCUT2D eigenvalue weighted by Crippen LogP contribution is -2.48. The Hall–Kier alpha value is -3.46. The quantitative estimate of drug-likeness (QED) is 0.144. The molecule has 7 nitrogen and oxygen atoms in total. The van der Waals surface area contributed by atoms with E-state index in [2.05, 4.69) is 9.80 Å². The molecular formula is C40H42Cl4N4O3. The third-order valence-corrected chi connectivity index (χ3v) is 11.2. The van der Waals surface area contributed by atoms with Crippen LogP contribution in [-0.4, -0.2) is 74.0 Å². The van der Waals surface area contributed by atoms with Gasteiger partial charge in [0.05, 0.1) is 32.3 Å². The molecule has 0 radical (unpaired) electrons. The Morgan fingerprint density at radius 2 is 0.882 bits per heavy atom. The van der Waals surface area contributed by atoms with Crippen molar-refractivity contribution in [1.29, 1.82) is 0 Å². The molecule has 6 rings (SSSR count). The van der Waals surface area contributed by atoms with Crippen LogP contribution in [0.4, 0.5) is 11.4 Å². The Labute approximate surface area is 320 Å². The molecule has 11 heteroatoms. The van der Waals surface area contributed by atoms with E-state index in [0.717, 1.165) is 48.7 Å². The normalized spacial score (nSPS) is 16.2. The summed E-state index contributed by atoms with van der Waals surface area (Å²) in [6, 6.07) is 31.4. The van der Waals surface area contributed by atoms with Crippen molar-refractivity contribution in [2.45, 2.75) is 37.9 Å². The Balaban J connectivity index is 1.06. The first kappa shape index (κ1) is 37.3. The van der Waals surface area contributed by atoms with Gasteiger partial charge < -0.3 is 24.3 Å². The second kappa shape index (κ2) is 17.8. The monoisotopic (exact) mass is 766 g/mol. The summed E-state index contributed by atoms with van der Waals surface area (Å²) in [5.74, 6) is 0.222. The molecule has 2 atom stereocenters. The Kier molecular flexibility index (Phi) is 13.1. The Bertz CT molecular complexity index is 1640. The number of anilines is 2. The van der Waals surface area contributed by atoms with Gasteiger partial charge in [-0.2, -0.15) is 0 Å². The minimum absolute atomic E-state index is 0.111. The van der Waals surface area contributed by atoms with E-state index < -0.39 is 0 Å². The topological polar surface area (TPSA) is 56.3 Å². The number of carbonyl (C=O) groups is 2. The summed E-state index contributed by atoms with van der Waals surface area (Å²) in [6.07, 6.45) is 1.14. The lowest BCUT2D eigenvalue weighted by atomic mass is 10.0. The molecule has 0 aromatic heterocycles. The van der Waals surface area contributed by atoms with E-state index >= 15 is 0 Å². The predicted octanol–water partition coefficient (Wildman–Crippen LogP) is 9.36. The molecule has 2 aliphatic rings. The molecular weight excluding hydrogens is 726 g/mol. The molecule has 2 heterocycles. The molecule has 0 bridgehead atoms. The van der Waals surface area contributed by atoms with Crippen molar-refractivity contribution < 1.29 is 14.3 Å². The molecule has 2 aliphatic heterocycles. The molecule has 0 N–H and O–H groups in total. The highest BCUT2D eigenvalue weighted by Crippen LogP contribution is 2.34. The van der Waals surface area contributed by atoms with Crippen LogP contribution in [0.5, 0.6) is 0 Å². The fourth-order valence-electron chi connectivity index (χ4n) is 6.78. The van der Waals surface area contributed by atoms with E-state index in [-0.39, 0.29) is 24.0 Å². The number of rotatable bonds is 12. The van der Waals surface area contributed by atoms with E-state index in [1.807, 2.05) is 94.7 Å². The van der Waals surface area contributed by atoms with Gasteiger partial charge in [0, 0.05) is 76.6 Å².